The van der Waals surface area contributed by atoms with Gasteiger partial charge in [0.15, 0.2) is 6.10 Å². The topological polar surface area (TPSA) is 106 Å². The summed E-state index contributed by atoms with van der Waals surface area (Å²) in [6.07, 6.45) is -1.72. The quantitative estimate of drug-likeness (QED) is 0.299. The maximum atomic E-state index is 15.7. The number of carbonyl (C=O) groups excluding carboxylic acids is 3. The number of esters is 1. The summed E-state index contributed by atoms with van der Waals surface area (Å²) in [6, 6.07) is 11.8. The molecule has 0 bridgehead atoms. The Labute approximate surface area is 278 Å². The lowest BCUT2D eigenvalue weighted by Crippen LogP contribution is -2.55. The fourth-order valence-electron chi connectivity index (χ4n) is 6.14. The maximum Gasteiger partial charge on any atom is 0.410 e. The van der Waals surface area contributed by atoms with Crippen molar-refractivity contribution in [1.29, 1.82) is 0 Å². The lowest BCUT2D eigenvalue weighted by molar-refractivity contribution is -0.160. The summed E-state index contributed by atoms with van der Waals surface area (Å²) in [7, 11) is 0. The highest BCUT2D eigenvalue weighted by atomic mass is 19.1. The highest BCUT2D eigenvalue weighted by Gasteiger charge is 2.45. The molecule has 2 aliphatic heterocycles. The molecule has 0 spiro atoms. The molecule has 2 aromatic carbocycles. The minimum atomic E-state index is -1.47. The van der Waals surface area contributed by atoms with Crippen LogP contribution < -0.4 is 5.32 Å². The molecule has 2 fully saturated rings. The number of nitrogens with one attached hydrogen (secondary N) is 1. The van der Waals surface area contributed by atoms with Crippen LogP contribution in [-0.4, -0.2) is 87.9 Å². The van der Waals surface area contributed by atoms with Gasteiger partial charge in [-0.25, -0.2) is 22.9 Å². The molecule has 13 heteroatoms. The summed E-state index contributed by atoms with van der Waals surface area (Å²) in [4.78, 5) is 46.6. The van der Waals surface area contributed by atoms with E-state index in [1.165, 1.54) is 23.6 Å². The van der Waals surface area contributed by atoms with Crippen molar-refractivity contribution in [1.82, 2.24) is 24.7 Å². The van der Waals surface area contributed by atoms with Crippen LogP contribution in [0, 0.1) is 23.5 Å². The Hall–Kier alpha value is -4.39. The molecule has 4 atom stereocenters. The monoisotopic (exact) mass is 669 g/mol. The molecule has 10 nitrogen and oxygen atoms in total. The fraction of sp³-hybridized carbons (Fsp3) is 0.486. The number of likely N-dealkylation sites (tertiary alicyclic amines) is 1. The Morgan fingerprint density at radius 1 is 1.08 bits per heavy atom. The van der Waals surface area contributed by atoms with Crippen molar-refractivity contribution < 1.29 is 37.0 Å². The zero-order valence-corrected chi connectivity index (χ0v) is 27.8. The van der Waals surface area contributed by atoms with Gasteiger partial charge < -0.3 is 29.2 Å². The van der Waals surface area contributed by atoms with E-state index in [1.807, 2.05) is 30.3 Å². The van der Waals surface area contributed by atoms with E-state index in [-0.39, 0.29) is 36.8 Å². The van der Waals surface area contributed by atoms with Crippen molar-refractivity contribution in [2.45, 2.75) is 65.1 Å². The lowest BCUT2D eigenvalue weighted by Gasteiger charge is -2.43. The second-order valence-corrected chi connectivity index (χ2v) is 13.5. The number of ether oxygens (including phenoxy) is 2. The summed E-state index contributed by atoms with van der Waals surface area (Å²) in [6.45, 7) is 8.75. The Kier molecular flexibility index (Phi) is 10.5. The fourth-order valence-corrected chi connectivity index (χ4v) is 6.14. The molecule has 2 aliphatic rings. The van der Waals surface area contributed by atoms with Crippen molar-refractivity contribution >= 4 is 18.0 Å². The first-order valence-corrected chi connectivity index (χ1v) is 16.1. The van der Waals surface area contributed by atoms with Crippen LogP contribution in [0.4, 0.5) is 18.0 Å². The first-order valence-electron chi connectivity index (χ1n) is 16.1. The third-order valence-electron chi connectivity index (χ3n) is 8.49. The van der Waals surface area contributed by atoms with Crippen molar-refractivity contribution in [3.05, 3.63) is 77.8 Å². The van der Waals surface area contributed by atoms with Crippen molar-refractivity contribution in [3.63, 3.8) is 0 Å². The molecule has 3 aromatic rings. The summed E-state index contributed by atoms with van der Waals surface area (Å²) in [5.41, 5.74) is 0.231. The molecule has 1 N–H and O–H groups in total. The third kappa shape index (κ3) is 8.18. The number of alkyl halides is 1. The van der Waals surface area contributed by atoms with Gasteiger partial charge in [0.2, 0.25) is 0 Å². The highest BCUT2D eigenvalue weighted by molar-refractivity contribution is 5.83. The number of imidazole rings is 1. The lowest BCUT2D eigenvalue weighted by atomic mass is 9.90. The van der Waals surface area contributed by atoms with Gasteiger partial charge in [-0.2, -0.15) is 0 Å². The van der Waals surface area contributed by atoms with Crippen LogP contribution >= 0.6 is 0 Å². The molecule has 48 heavy (non-hydrogen) atoms. The largest absolute Gasteiger partial charge is 0.453 e. The molecule has 258 valence electrons. The van der Waals surface area contributed by atoms with Crippen LogP contribution in [0.5, 0.6) is 0 Å². The SMILES string of the molecule is CC(=O)O[C@@H](C)C(=O)N(C[C@@H]1CN(C(=O)OC(C)(C)C)C[C@@H]1F)[C@@H](c1nc(-c2cc(F)ccc2F)cn1Cc1ccccc1)C1CNC1. The van der Waals surface area contributed by atoms with Crippen LogP contribution in [0.1, 0.15) is 52.0 Å². The van der Waals surface area contributed by atoms with E-state index < -0.39 is 59.4 Å². The Morgan fingerprint density at radius 3 is 2.42 bits per heavy atom. The number of hydrogen-bond donors (Lipinski definition) is 1. The molecule has 1 aromatic heterocycles. The van der Waals surface area contributed by atoms with Crippen LogP contribution in [-0.2, 0) is 25.6 Å². The van der Waals surface area contributed by atoms with Crippen molar-refractivity contribution in [3.8, 4) is 11.3 Å². The smallest absolute Gasteiger partial charge is 0.410 e. The Balaban J connectivity index is 1.58. The normalized spacial score (nSPS) is 19.4. The van der Waals surface area contributed by atoms with E-state index in [2.05, 4.69) is 5.32 Å². The van der Waals surface area contributed by atoms with Crippen LogP contribution in [0.3, 0.4) is 0 Å². The Morgan fingerprint density at radius 2 is 1.79 bits per heavy atom. The van der Waals surface area contributed by atoms with Gasteiger partial charge in [-0.3, -0.25) is 9.59 Å². The zero-order valence-electron chi connectivity index (χ0n) is 27.8. The minimum absolute atomic E-state index is 0.00431. The number of benzene rings is 2. The van der Waals surface area contributed by atoms with E-state index in [1.54, 1.807) is 31.5 Å². The van der Waals surface area contributed by atoms with Gasteiger partial charge in [0.05, 0.1) is 18.3 Å². The maximum absolute atomic E-state index is 15.7. The number of rotatable bonds is 10. The summed E-state index contributed by atoms with van der Waals surface area (Å²) >= 11 is 0. The van der Waals surface area contributed by atoms with E-state index >= 15 is 8.78 Å². The molecule has 0 radical (unpaired) electrons. The summed E-state index contributed by atoms with van der Waals surface area (Å²) in [5, 5.41) is 3.22. The minimum Gasteiger partial charge on any atom is -0.453 e. The molecule has 2 amide bonds. The average molecular weight is 670 g/mol. The van der Waals surface area contributed by atoms with Gasteiger partial charge in [-0.15, -0.1) is 0 Å². The van der Waals surface area contributed by atoms with Gasteiger partial charge >= 0.3 is 12.1 Å². The zero-order chi connectivity index (χ0) is 34.7. The molecule has 3 heterocycles. The predicted octanol–water partition coefficient (Wildman–Crippen LogP) is 5.12. The second kappa shape index (κ2) is 14.4. The van der Waals surface area contributed by atoms with Gasteiger partial charge in [0, 0.05) is 63.2 Å². The van der Waals surface area contributed by atoms with E-state index in [4.69, 9.17) is 14.5 Å². The second-order valence-electron chi connectivity index (χ2n) is 13.5. The number of carbonyl (C=O) groups is 3. The molecule has 0 saturated carbocycles. The van der Waals surface area contributed by atoms with Gasteiger partial charge in [0.1, 0.15) is 29.2 Å². The van der Waals surface area contributed by atoms with E-state index in [9.17, 15) is 18.8 Å². The van der Waals surface area contributed by atoms with Crippen molar-refractivity contribution in [2.75, 3.05) is 32.7 Å². The van der Waals surface area contributed by atoms with E-state index in [0.717, 1.165) is 23.8 Å². The average Bonchev–Trinajstić information content (AvgIpc) is 3.57. The molecule has 0 aliphatic carbocycles. The van der Waals surface area contributed by atoms with Gasteiger partial charge in [-0.1, -0.05) is 30.3 Å². The molecular weight excluding hydrogens is 627 g/mol. The summed E-state index contributed by atoms with van der Waals surface area (Å²) in [5.74, 6) is -3.16. The standard InChI is InChI=1S/C35H42F3N5O5/c1-21(47-22(2)44)33(45)43(18-25-17-42(19-29(25)38)34(46)48-35(3,4)5)31(24-14-39-15-24)32-40-30(27-13-26(36)11-12-28(27)37)20-41(32)16-23-9-7-6-8-10-23/h6-13,20-21,24-25,29,31,39H,14-19H2,1-5H3/t21-,25-,29-,31+/m0/s1. The van der Waals surface area contributed by atoms with E-state index in [0.29, 0.717) is 25.5 Å². The Bertz CT molecular complexity index is 1620. The van der Waals surface area contributed by atoms with Crippen LogP contribution in [0.25, 0.3) is 11.3 Å². The van der Waals surface area contributed by atoms with Gasteiger partial charge in [-0.05, 0) is 51.5 Å². The molecular formula is C35H42F3N5O5. The number of hydrogen-bond acceptors (Lipinski definition) is 7. The summed E-state index contributed by atoms with van der Waals surface area (Å²) < 4.78 is 57.7. The molecule has 5 rings (SSSR count). The van der Waals surface area contributed by atoms with Crippen molar-refractivity contribution in [2.24, 2.45) is 11.8 Å². The van der Waals surface area contributed by atoms with Gasteiger partial charge in [0.25, 0.3) is 5.91 Å². The molecule has 0 unspecified atom stereocenters. The first kappa shape index (κ1) is 34.9. The van der Waals surface area contributed by atoms with Crippen LogP contribution in [0.2, 0.25) is 0 Å². The highest BCUT2D eigenvalue weighted by Crippen LogP contribution is 2.37. The number of aromatic nitrogens is 2. The first-order chi connectivity index (χ1) is 22.7. The number of nitrogens with zero attached hydrogens (tertiary/aromatic N) is 4. The third-order valence-corrected chi connectivity index (χ3v) is 8.49. The number of halogens is 3. The number of amides is 2. The predicted molar refractivity (Wildman–Crippen MR) is 171 cm³/mol. The molecule has 2 saturated heterocycles. The van der Waals surface area contributed by atoms with Crippen LogP contribution in [0.15, 0.2) is 54.7 Å².